The van der Waals surface area contributed by atoms with E-state index in [0.29, 0.717) is 19.3 Å². The molecule has 108 valence electrons. The van der Waals surface area contributed by atoms with Gasteiger partial charge in [-0.15, -0.1) is 0 Å². The largest absolute Gasteiger partial charge is 0.481 e. The van der Waals surface area contributed by atoms with Gasteiger partial charge in [0.25, 0.3) is 0 Å². The Hall–Kier alpha value is -2.16. The Kier molecular flexibility index (Phi) is 3.50. The van der Waals surface area contributed by atoms with E-state index in [9.17, 15) is 9.59 Å². The Labute approximate surface area is 123 Å². The summed E-state index contributed by atoms with van der Waals surface area (Å²) in [5.74, 6) is -1.20. The molecule has 2 atom stereocenters. The average molecular weight is 282 g/mol. The smallest absolute Gasteiger partial charge is 0.306 e. The second-order valence-corrected chi connectivity index (χ2v) is 5.89. The normalized spacial score (nSPS) is 21.6. The maximum absolute atomic E-state index is 12.9. The molecule has 0 heterocycles. The number of carbonyl (C=O) groups is 2. The van der Waals surface area contributed by atoms with Gasteiger partial charge in [0.15, 0.2) is 5.78 Å². The van der Waals surface area contributed by atoms with E-state index < -0.39 is 5.97 Å². The van der Waals surface area contributed by atoms with Crippen LogP contribution in [0.3, 0.4) is 0 Å². The van der Waals surface area contributed by atoms with E-state index in [-0.39, 0.29) is 17.6 Å². The molecule has 21 heavy (non-hydrogen) atoms. The van der Waals surface area contributed by atoms with E-state index in [4.69, 9.17) is 5.11 Å². The van der Waals surface area contributed by atoms with Crippen molar-refractivity contribution in [2.45, 2.75) is 26.2 Å². The number of Topliss-reactive ketones (excluding diaryl/α,β-unsaturated/α-hetero) is 1. The van der Waals surface area contributed by atoms with Gasteiger partial charge < -0.3 is 5.11 Å². The Morgan fingerprint density at radius 3 is 2.48 bits per heavy atom. The van der Waals surface area contributed by atoms with Crippen molar-refractivity contribution in [1.82, 2.24) is 0 Å². The van der Waals surface area contributed by atoms with E-state index in [2.05, 4.69) is 0 Å². The summed E-state index contributed by atoms with van der Waals surface area (Å²) >= 11 is 0. The summed E-state index contributed by atoms with van der Waals surface area (Å²) in [6, 6.07) is 11.9. The molecule has 0 spiro atoms. The monoisotopic (exact) mass is 282 g/mol. The number of aliphatic carboxylic acids is 1. The van der Waals surface area contributed by atoms with Crippen molar-refractivity contribution in [3.8, 4) is 0 Å². The molecule has 2 aromatic rings. The van der Waals surface area contributed by atoms with Crippen LogP contribution in [0, 0.1) is 18.8 Å². The molecule has 1 N–H and O–H groups in total. The number of aryl methyl sites for hydroxylation is 1. The fourth-order valence-corrected chi connectivity index (χ4v) is 3.36. The van der Waals surface area contributed by atoms with Crippen LogP contribution >= 0.6 is 0 Å². The van der Waals surface area contributed by atoms with Gasteiger partial charge in [0.05, 0.1) is 5.92 Å². The van der Waals surface area contributed by atoms with Crippen LogP contribution in [0.1, 0.15) is 35.2 Å². The Morgan fingerprint density at radius 2 is 1.76 bits per heavy atom. The Morgan fingerprint density at radius 1 is 1.05 bits per heavy atom. The van der Waals surface area contributed by atoms with E-state index >= 15 is 0 Å². The number of carbonyl (C=O) groups excluding carboxylic acids is 1. The van der Waals surface area contributed by atoms with Crippen LogP contribution < -0.4 is 0 Å². The van der Waals surface area contributed by atoms with Gasteiger partial charge in [0, 0.05) is 11.5 Å². The quantitative estimate of drug-likeness (QED) is 0.870. The molecule has 0 radical (unpaired) electrons. The number of carboxylic acid groups (broad SMARTS) is 1. The molecule has 1 fully saturated rings. The highest BCUT2D eigenvalue weighted by Crippen LogP contribution is 2.35. The number of hydrogen-bond acceptors (Lipinski definition) is 2. The number of hydrogen-bond donors (Lipinski definition) is 1. The zero-order chi connectivity index (χ0) is 15.0. The van der Waals surface area contributed by atoms with Crippen LogP contribution in [0.15, 0.2) is 36.4 Å². The lowest BCUT2D eigenvalue weighted by Crippen LogP contribution is -2.16. The third-order valence-electron chi connectivity index (χ3n) is 4.54. The summed E-state index contributed by atoms with van der Waals surface area (Å²) < 4.78 is 0. The second kappa shape index (κ2) is 5.32. The third kappa shape index (κ3) is 2.44. The number of ketones is 1. The minimum Gasteiger partial charge on any atom is -0.481 e. The molecule has 2 aromatic carbocycles. The lowest BCUT2D eigenvalue weighted by atomic mass is 9.89. The molecule has 3 rings (SSSR count). The maximum atomic E-state index is 12.9. The first kappa shape index (κ1) is 13.8. The second-order valence-electron chi connectivity index (χ2n) is 5.89. The van der Waals surface area contributed by atoms with Crippen molar-refractivity contribution in [2.24, 2.45) is 11.8 Å². The van der Waals surface area contributed by atoms with Crippen LogP contribution in [0.4, 0.5) is 0 Å². The summed E-state index contributed by atoms with van der Waals surface area (Å²) in [4.78, 5) is 23.9. The number of carboxylic acids is 1. The van der Waals surface area contributed by atoms with Gasteiger partial charge in [0.2, 0.25) is 0 Å². The predicted octanol–water partition coefficient (Wildman–Crippen LogP) is 3.83. The van der Waals surface area contributed by atoms with Crippen molar-refractivity contribution in [3.05, 3.63) is 47.5 Å². The van der Waals surface area contributed by atoms with Gasteiger partial charge in [-0.25, -0.2) is 0 Å². The molecular weight excluding hydrogens is 264 g/mol. The zero-order valence-corrected chi connectivity index (χ0v) is 12.0. The molecule has 0 amide bonds. The molecule has 0 aliphatic heterocycles. The predicted molar refractivity (Wildman–Crippen MR) is 81.5 cm³/mol. The van der Waals surface area contributed by atoms with Crippen LogP contribution in [-0.2, 0) is 4.79 Å². The summed E-state index contributed by atoms with van der Waals surface area (Å²) in [5.41, 5.74) is 1.74. The topological polar surface area (TPSA) is 54.4 Å². The number of fused-ring (bicyclic) bond motifs is 1. The molecule has 1 saturated carbocycles. The van der Waals surface area contributed by atoms with Gasteiger partial charge in [0.1, 0.15) is 0 Å². The molecule has 0 aromatic heterocycles. The summed E-state index contributed by atoms with van der Waals surface area (Å²) in [7, 11) is 0. The van der Waals surface area contributed by atoms with E-state index in [1.165, 1.54) is 0 Å². The molecule has 1 aliphatic rings. The molecular formula is C18H18O3. The number of benzene rings is 2. The fourth-order valence-electron chi connectivity index (χ4n) is 3.36. The van der Waals surface area contributed by atoms with Crippen molar-refractivity contribution < 1.29 is 14.7 Å². The highest BCUT2D eigenvalue weighted by molar-refractivity contribution is 6.10. The van der Waals surface area contributed by atoms with Crippen LogP contribution in [0.25, 0.3) is 10.8 Å². The van der Waals surface area contributed by atoms with Gasteiger partial charge in [-0.05, 0) is 42.5 Å². The lowest BCUT2D eigenvalue weighted by molar-refractivity contribution is -0.141. The molecule has 1 aliphatic carbocycles. The summed E-state index contributed by atoms with van der Waals surface area (Å²) in [6.45, 7) is 1.95. The van der Waals surface area contributed by atoms with Crippen LogP contribution in [0.2, 0.25) is 0 Å². The van der Waals surface area contributed by atoms with Crippen molar-refractivity contribution in [2.75, 3.05) is 0 Å². The van der Waals surface area contributed by atoms with Gasteiger partial charge in [-0.1, -0.05) is 36.4 Å². The SMILES string of the molecule is Cc1ccc2ccccc2c1C(=O)C1CCC(C(=O)O)C1. The van der Waals surface area contributed by atoms with Gasteiger partial charge in [-0.3, -0.25) is 9.59 Å². The maximum Gasteiger partial charge on any atom is 0.306 e. The molecule has 0 bridgehead atoms. The summed E-state index contributed by atoms with van der Waals surface area (Å²) in [6.07, 6.45) is 1.75. The fraction of sp³-hybridized carbons (Fsp3) is 0.333. The minimum atomic E-state index is -0.778. The highest BCUT2D eigenvalue weighted by atomic mass is 16.4. The molecule has 3 nitrogen and oxygen atoms in total. The minimum absolute atomic E-state index is 0.105. The van der Waals surface area contributed by atoms with Gasteiger partial charge in [-0.2, -0.15) is 0 Å². The van der Waals surface area contributed by atoms with E-state index in [1.54, 1.807) is 0 Å². The van der Waals surface area contributed by atoms with Crippen LogP contribution in [-0.4, -0.2) is 16.9 Å². The van der Waals surface area contributed by atoms with Crippen molar-refractivity contribution in [3.63, 3.8) is 0 Å². The lowest BCUT2D eigenvalue weighted by Gasteiger charge is -2.14. The number of rotatable bonds is 3. The van der Waals surface area contributed by atoms with E-state index in [1.807, 2.05) is 43.3 Å². The molecule has 2 unspecified atom stereocenters. The first-order chi connectivity index (χ1) is 10.1. The molecule has 3 heteroatoms. The molecule has 0 saturated heterocycles. The third-order valence-corrected chi connectivity index (χ3v) is 4.54. The van der Waals surface area contributed by atoms with Gasteiger partial charge >= 0.3 is 5.97 Å². The first-order valence-corrected chi connectivity index (χ1v) is 7.33. The van der Waals surface area contributed by atoms with Crippen molar-refractivity contribution >= 4 is 22.5 Å². The zero-order valence-electron chi connectivity index (χ0n) is 12.0. The summed E-state index contributed by atoms with van der Waals surface area (Å²) in [5, 5.41) is 11.1. The highest BCUT2D eigenvalue weighted by Gasteiger charge is 2.35. The van der Waals surface area contributed by atoms with Crippen molar-refractivity contribution in [1.29, 1.82) is 0 Å². The Balaban J connectivity index is 1.99. The van der Waals surface area contributed by atoms with E-state index in [0.717, 1.165) is 21.9 Å². The van der Waals surface area contributed by atoms with Crippen LogP contribution in [0.5, 0.6) is 0 Å². The Bertz CT molecular complexity index is 717. The first-order valence-electron chi connectivity index (χ1n) is 7.33. The standard InChI is InChI=1S/C18H18O3/c1-11-6-7-12-4-2-3-5-15(12)16(11)17(19)13-8-9-14(10-13)18(20)21/h2-7,13-14H,8-10H2,1H3,(H,20,21). The average Bonchev–Trinajstić information content (AvgIpc) is 2.96.